The van der Waals surface area contributed by atoms with Gasteiger partial charge in [-0.2, -0.15) is 0 Å². The van der Waals surface area contributed by atoms with Crippen molar-refractivity contribution in [2.75, 3.05) is 13.7 Å². The van der Waals surface area contributed by atoms with E-state index in [1.54, 1.807) is 37.3 Å². The molecule has 0 atom stereocenters. The summed E-state index contributed by atoms with van der Waals surface area (Å²) in [5.41, 5.74) is 1.76. The van der Waals surface area contributed by atoms with E-state index in [4.69, 9.17) is 4.74 Å². The minimum Gasteiger partial charge on any atom is -0.489 e. The molecule has 0 aliphatic heterocycles. The fourth-order valence-corrected chi connectivity index (χ4v) is 4.14. The maximum Gasteiger partial charge on any atom is 0.338 e. The number of nitrogens with one attached hydrogen (secondary N) is 1. The molecule has 0 bridgehead atoms. The predicted octanol–water partition coefficient (Wildman–Crippen LogP) is 4.16. The minimum atomic E-state index is -3.82. The Bertz CT molecular complexity index is 1240. The van der Waals surface area contributed by atoms with Crippen molar-refractivity contribution in [3.63, 3.8) is 0 Å². The van der Waals surface area contributed by atoms with Crippen molar-refractivity contribution < 1.29 is 31.5 Å². The zero-order chi connectivity index (χ0) is 24.0. The molecule has 0 unspecified atom stereocenters. The maximum absolute atomic E-state index is 13.7. The lowest BCUT2D eigenvalue weighted by molar-refractivity contribution is 0.0599. The molecule has 0 aromatic heterocycles. The molecule has 0 saturated carbocycles. The van der Waals surface area contributed by atoms with Crippen molar-refractivity contribution in [1.29, 1.82) is 0 Å². The molecule has 0 heterocycles. The highest BCUT2D eigenvalue weighted by Gasteiger charge is 2.18. The van der Waals surface area contributed by atoms with Crippen molar-refractivity contribution in [1.82, 2.24) is 4.72 Å². The van der Waals surface area contributed by atoms with Gasteiger partial charge in [0.1, 0.15) is 12.4 Å². The van der Waals surface area contributed by atoms with Gasteiger partial charge in [0.15, 0.2) is 11.6 Å². The molecule has 6 nitrogen and oxygen atoms in total. The van der Waals surface area contributed by atoms with Crippen LogP contribution in [0.15, 0.2) is 65.6 Å². The van der Waals surface area contributed by atoms with Crippen molar-refractivity contribution >= 4 is 16.0 Å². The molecule has 0 aliphatic carbocycles. The van der Waals surface area contributed by atoms with Crippen LogP contribution < -0.4 is 9.46 Å². The number of halogens is 2. The molecule has 0 aliphatic rings. The average molecular weight is 476 g/mol. The van der Waals surface area contributed by atoms with Gasteiger partial charge in [0.2, 0.25) is 10.0 Å². The summed E-state index contributed by atoms with van der Waals surface area (Å²) in [6.45, 7) is 1.71. The molecule has 0 radical (unpaired) electrons. The lowest BCUT2D eigenvalue weighted by Crippen LogP contribution is -2.26. The molecule has 174 valence electrons. The molecule has 1 N–H and O–H groups in total. The second-order valence-electron chi connectivity index (χ2n) is 7.26. The number of esters is 1. The van der Waals surface area contributed by atoms with Crippen molar-refractivity contribution in [3.05, 3.63) is 94.6 Å². The van der Waals surface area contributed by atoms with E-state index in [-0.39, 0.29) is 29.2 Å². The molecule has 0 amide bonds. The number of benzene rings is 3. The zero-order valence-corrected chi connectivity index (χ0v) is 18.9. The molecule has 0 fully saturated rings. The molecule has 3 rings (SSSR count). The summed E-state index contributed by atoms with van der Waals surface area (Å²) < 4.78 is 64.8. The van der Waals surface area contributed by atoms with Gasteiger partial charge in [0.05, 0.1) is 17.6 Å². The zero-order valence-electron chi connectivity index (χ0n) is 18.1. The lowest BCUT2D eigenvalue weighted by atomic mass is 10.1. The summed E-state index contributed by atoms with van der Waals surface area (Å²) in [6, 6.07) is 15.0. The van der Waals surface area contributed by atoms with E-state index in [0.717, 1.165) is 11.6 Å². The van der Waals surface area contributed by atoms with Crippen LogP contribution in [0.4, 0.5) is 8.78 Å². The van der Waals surface area contributed by atoms with Gasteiger partial charge in [0, 0.05) is 12.1 Å². The third-order valence-corrected chi connectivity index (χ3v) is 6.44. The van der Waals surface area contributed by atoms with Gasteiger partial charge < -0.3 is 9.47 Å². The van der Waals surface area contributed by atoms with Crippen molar-refractivity contribution in [2.45, 2.75) is 24.8 Å². The van der Waals surface area contributed by atoms with Crippen LogP contribution in [-0.2, 0) is 27.8 Å². The van der Waals surface area contributed by atoms with Crippen LogP contribution in [0.25, 0.3) is 0 Å². The molecular weight excluding hydrogens is 452 g/mol. The Labute approximate surface area is 191 Å². The summed E-state index contributed by atoms with van der Waals surface area (Å²) in [5, 5.41) is 0. The van der Waals surface area contributed by atoms with Gasteiger partial charge in [-0.3, -0.25) is 0 Å². The number of methoxy groups -OCH3 is 1. The largest absolute Gasteiger partial charge is 0.489 e. The highest BCUT2D eigenvalue weighted by atomic mass is 32.2. The Morgan fingerprint density at radius 3 is 2.45 bits per heavy atom. The van der Waals surface area contributed by atoms with E-state index in [1.807, 2.05) is 0 Å². The van der Waals surface area contributed by atoms with E-state index in [1.165, 1.54) is 31.4 Å². The minimum absolute atomic E-state index is 0.0261. The van der Waals surface area contributed by atoms with Crippen molar-refractivity contribution in [3.8, 4) is 5.75 Å². The number of sulfonamides is 1. The SMILES string of the molecule is COC(=O)c1cc(S(=O)(=O)NCCc2ccc(OCc3cccc(F)c3F)cc2)ccc1C. The summed E-state index contributed by atoms with van der Waals surface area (Å²) in [5.74, 6) is -2.00. The smallest absolute Gasteiger partial charge is 0.338 e. The Kier molecular flexibility index (Phi) is 7.78. The van der Waals surface area contributed by atoms with Crippen LogP contribution in [0.3, 0.4) is 0 Å². The summed E-state index contributed by atoms with van der Waals surface area (Å²) in [4.78, 5) is 11.8. The first kappa shape index (κ1) is 24.3. The second-order valence-corrected chi connectivity index (χ2v) is 9.03. The number of ether oxygens (including phenoxy) is 2. The van der Waals surface area contributed by atoms with Gasteiger partial charge in [-0.1, -0.05) is 30.3 Å². The molecule has 3 aromatic rings. The van der Waals surface area contributed by atoms with E-state index >= 15 is 0 Å². The van der Waals surface area contributed by atoms with Crippen LogP contribution in [-0.4, -0.2) is 28.0 Å². The Balaban J connectivity index is 1.56. The fourth-order valence-electron chi connectivity index (χ4n) is 3.08. The summed E-state index contributed by atoms with van der Waals surface area (Å²) in [7, 11) is -2.58. The van der Waals surface area contributed by atoms with Gasteiger partial charge in [-0.05, 0) is 54.8 Å². The first-order valence-electron chi connectivity index (χ1n) is 10.0. The van der Waals surface area contributed by atoms with Crippen LogP contribution in [0.1, 0.15) is 27.0 Å². The van der Waals surface area contributed by atoms with Crippen LogP contribution >= 0.6 is 0 Å². The normalized spacial score (nSPS) is 11.3. The van der Waals surface area contributed by atoms with E-state index in [2.05, 4.69) is 9.46 Å². The highest BCUT2D eigenvalue weighted by Crippen LogP contribution is 2.18. The van der Waals surface area contributed by atoms with Gasteiger partial charge in [0.25, 0.3) is 0 Å². The number of carbonyl (C=O) groups excluding carboxylic acids is 1. The number of hydrogen-bond acceptors (Lipinski definition) is 5. The van der Waals surface area contributed by atoms with Gasteiger partial charge in [-0.15, -0.1) is 0 Å². The number of hydrogen-bond donors (Lipinski definition) is 1. The first-order chi connectivity index (χ1) is 15.7. The molecule has 3 aromatic carbocycles. The van der Waals surface area contributed by atoms with Gasteiger partial charge in [-0.25, -0.2) is 26.7 Å². The van der Waals surface area contributed by atoms with E-state index in [0.29, 0.717) is 17.7 Å². The maximum atomic E-state index is 13.7. The first-order valence-corrected chi connectivity index (χ1v) is 11.5. The summed E-state index contributed by atoms with van der Waals surface area (Å²) >= 11 is 0. The Morgan fingerprint density at radius 1 is 1.03 bits per heavy atom. The second kappa shape index (κ2) is 10.5. The predicted molar refractivity (Wildman–Crippen MR) is 119 cm³/mol. The molecule has 0 spiro atoms. The molecular formula is C24H23F2NO5S. The standard InChI is InChI=1S/C24H23F2NO5S/c1-16-6-11-20(14-21(16)24(28)31-2)33(29,30)27-13-12-17-7-9-19(10-8-17)32-15-18-4-3-5-22(25)23(18)26/h3-11,14,27H,12-13,15H2,1-2H3. The lowest BCUT2D eigenvalue weighted by Gasteiger charge is -2.10. The summed E-state index contributed by atoms with van der Waals surface area (Å²) in [6.07, 6.45) is 0.410. The highest BCUT2D eigenvalue weighted by molar-refractivity contribution is 7.89. The monoisotopic (exact) mass is 475 g/mol. The Hall–Kier alpha value is -3.30. The molecule has 9 heteroatoms. The van der Waals surface area contributed by atoms with Gasteiger partial charge >= 0.3 is 5.97 Å². The van der Waals surface area contributed by atoms with Crippen molar-refractivity contribution in [2.24, 2.45) is 0 Å². The fraction of sp³-hybridized carbons (Fsp3) is 0.208. The third kappa shape index (κ3) is 6.15. The number of aryl methyl sites for hydroxylation is 1. The molecule has 33 heavy (non-hydrogen) atoms. The quantitative estimate of drug-likeness (QED) is 0.470. The molecule has 0 saturated heterocycles. The van der Waals surface area contributed by atoms with Crippen LogP contribution in [0.2, 0.25) is 0 Å². The average Bonchev–Trinajstić information content (AvgIpc) is 2.80. The third-order valence-electron chi connectivity index (χ3n) is 4.98. The topological polar surface area (TPSA) is 81.7 Å². The number of rotatable bonds is 9. The van der Waals surface area contributed by atoms with Crippen LogP contribution in [0, 0.1) is 18.6 Å². The van der Waals surface area contributed by atoms with E-state index < -0.39 is 27.6 Å². The van der Waals surface area contributed by atoms with E-state index in [9.17, 15) is 22.0 Å². The van der Waals surface area contributed by atoms with Crippen LogP contribution in [0.5, 0.6) is 5.75 Å². The Morgan fingerprint density at radius 2 is 1.76 bits per heavy atom. The number of carbonyl (C=O) groups is 1.